The predicted octanol–water partition coefficient (Wildman–Crippen LogP) is 1.78. The summed E-state index contributed by atoms with van der Waals surface area (Å²) in [6, 6.07) is -0.578. The van der Waals surface area contributed by atoms with Crippen molar-refractivity contribution in [2.75, 3.05) is 0 Å². The molecule has 6 nitrogen and oxygen atoms in total. The molecule has 2 N–H and O–H groups in total. The molecule has 0 aromatic carbocycles. The Labute approximate surface area is 107 Å². The monoisotopic (exact) mass is 255 g/mol. The molecular formula is C12H21N3O3. The number of rotatable bonds is 7. The van der Waals surface area contributed by atoms with Crippen molar-refractivity contribution >= 4 is 5.97 Å². The normalized spacial score (nSPS) is 13.2. The number of hydrogen-bond acceptors (Lipinski definition) is 5. The highest BCUT2D eigenvalue weighted by atomic mass is 16.5. The Bertz CT molecular complexity index is 388. The summed E-state index contributed by atoms with van der Waals surface area (Å²) in [4.78, 5) is 15.2. The average molecular weight is 255 g/mol. The largest absolute Gasteiger partial charge is 0.480 e. The van der Waals surface area contributed by atoms with E-state index in [9.17, 15) is 4.79 Å². The van der Waals surface area contributed by atoms with Crippen molar-refractivity contribution in [2.24, 2.45) is 5.92 Å². The zero-order valence-electron chi connectivity index (χ0n) is 11.3. The van der Waals surface area contributed by atoms with Crippen LogP contribution in [0.4, 0.5) is 0 Å². The van der Waals surface area contributed by atoms with Crippen LogP contribution in [-0.2, 0) is 11.3 Å². The number of carboxylic acids is 1. The highest BCUT2D eigenvalue weighted by molar-refractivity contribution is 5.73. The molecular weight excluding hydrogens is 234 g/mol. The molecule has 1 aromatic rings. The first kappa shape index (κ1) is 14.6. The molecule has 0 bridgehead atoms. The first-order chi connectivity index (χ1) is 8.40. The minimum Gasteiger partial charge on any atom is -0.480 e. The standard InChI is InChI=1S/C12H21N3O3/c1-7(2)5-9(12(16)17)13-6-10-14-11(8(3)4)18-15-10/h7-9,13H,5-6H2,1-4H3,(H,16,17). The summed E-state index contributed by atoms with van der Waals surface area (Å²) >= 11 is 0. The number of carbonyl (C=O) groups is 1. The number of nitrogens with one attached hydrogen (secondary N) is 1. The van der Waals surface area contributed by atoms with E-state index in [2.05, 4.69) is 15.5 Å². The summed E-state index contributed by atoms with van der Waals surface area (Å²) < 4.78 is 5.05. The van der Waals surface area contributed by atoms with Crippen molar-refractivity contribution in [3.8, 4) is 0 Å². The lowest BCUT2D eigenvalue weighted by Crippen LogP contribution is -2.37. The van der Waals surface area contributed by atoms with E-state index in [1.165, 1.54) is 0 Å². The third-order valence-corrected chi connectivity index (χ3v) is 2.49. The van der Waals surface area contributed by atoms with Gasteiger partial charge < -0.3 is 9.63 Å². The molecule has 1 aromatic heterocycles. The van der Waals surface area contributed by atoms with Crippen molar-refractivity contribution in [1.29, 1.82) is 0 Å². The van der Waals surface area contributed by atoms with Gasteiger partial charge in [0.25, 0.3) is 0 Å². The second-order valence-corrected chi connectivity index (χ2v) is 5.10. The molecule has 0 fully saturated rings. The zero-order valence-corrected chi connectivity index (χ0v) is 11.3. The van der Waals surface area contributed by atoms with E-state index in [0.717, 1.165) is 0 Å². The third-order valence-electron chi connectivity index (χ3n) is 2.49. The van der Waals surface area contributed by atoms with Gasteiger partial charge in [-0.05, 0) is 12.3 Å². The smallest absolute Gasteiger partial charge is 0.320 e. The first-order valence-electron chi connectivity index (χ1n) is 6.18. The fourth-order valence-electron chi connectivity index (χ4n) is 1.53. The van der Waals surface area contributed by atoms with Gasteiger partial charge in [0, 0.05) is 5.92 Å². The summed E-state index contributed by atoms with van der Waals surface area (Å²) in [5, 5.41) is 15.8. The van der Waals surface area contributed by atoms with E-state index >= 15 is 0 Å². The Morgan fingerprint density at radius 1 is 1.39 bits per heavy atom. The molecule has 18 heavy (non-hydrogen) atoms. The zero-order chi connectivity index (χ0) is 13.7. The summed E-state index contributed by atoms with van der Waals surface area (Å²) in [6.07, 6.45) is 0.574. The van der Waals surface area contributed by atoms with Crippen LogP contribution >= 0.6 is 0 Å². The number of hydrogen-bond donors (Lipinski definition) is 2. The maximum Gasteiger partial charge on any atom is 0.320 e. The Balaban J connectivity index is 2.53. The molecule has 1 atom stereocenters. The number of nitrogens with zero attached hydrogens (tertiary/aromatic N) is 2. The lowest BCUT2D eigenvalue weighted by molar-refractivity contribution is -0.140. The van der Waals surface area contributed by atoms with Gasteiger partial charge in [-0.2, -0.15) is 4.98 Å². The van der Waals surface area contributed by atoms with E-state index in [1.54, 1.807) is 0 Å². The Kier molecular flexibility index (Phi) is 5.27. The van der Waals surface area contributed by atoms with E-state index in [0.29, 0.717) is 30.6 Å². The Morgan fingerprint density at radius 3 is 2.50 bits per heavy atom. The quantitative estimate of drug-likeness (QED) is 0.772. The number of aromatic nitrogens is 2. The second kappa shape index (κ2) is 6.49. The van der Waals surface area contributed by atoms with Gasteiger partial charge >= 0.3 is 5.97 Å². The van der Waals surface area contributed by atoms with Crippen LogP contribution in [0.3, 0.4) is 0 Å². The minimum absolute atomic E-state index is 0.178. The Hall–Kier alpha value is -1.43. The van der Waals surface area contributed by atoms with Gasteiger partial charge in [0.2, 0.25) is 5.89 Å². The topological polar surface area (TPSA) is 88.3 Å². The maximum atomic E-state index is 11.0. The fourth-order valence-corrected chi connectivity index (χ4v) is 1.53. The molecule has 0 aliphatic rings. The van der Waals surface area contributed by atoms with Crippen LogP contribution in [0.2, 0.25) is 0 Å². The van der Waals surface area contributed by atoms with Crippen molar-refractivity contribution in [3.05, 3.63) is 11.7 Å². The molecule has 1 unspecified atom stereocenters. The molecule has 0 radical (unpaired) electrons. The van der Waals surface area contributed by atoms with Gasteiger partial charge in [0.1, 0.15) is 6.04 Å². The van der Waals surface area contributed by atoms with Crippen LogP contribution in [0.15, 0.2) is 4.52 Å². The van der Waals surface area contributed by atoms with Crippen LogP contribution in [0.1, 0.15) is 51.7 Å². The van der Waals surface area contributed by atoms with Crippen molar-refractivity contribution in [3.63, 3.8) is 0 Å². The summed E-state index contributed by atoms with van der Waals surface area (Å²) in [6.45, 7) is 8.21. The molecule has 6 heteroatoms. The number of aliphatic carboxylic acids is 1. The van der Waals surface area contributed by atoms with E-state index in [-0.39, 0.29) is 5.92 Å². The second-order valence-electron chi connectivity index (χ2n) is 5.10. The van der Waals surface area contributed by atoms with Crippen LogP contribution in [0, 0.1) is 5.92 Å². The summed E-state index contributed by atoms with van der Waals surface area (Å²) in [5.74, 6) is 0.708. The molecule has 0 amide bonds. The minimum atomic E-state index is -0.851. The molecule has 0 aliphatic heterocycles. The highest BCUT2D eigenvalue weighted by Crippen LogP contribution is 2.11. The molecule has 0 aliphatic carbocycles. The molecule has 0 spiro atoms. The molecule has 0 saturated heterocycles. The molecule has 1 heterocycles. The number of carboxylic acid groups (broad SMARTS) is 1. The predicted molar refractivity (Wildman–Crippen MR) is 66.1 cm³/mol. The van der Waals surface area contributed by atoms with Crippen molar-refractivity contribution < 1.29 is 14.4 Å². The van der Waals surface area contributed by atoms with E-state index in [1.807, 2.05) is 27.7 Å². The van der Waals surface area contributed by atoms with Gasteiger partial charge in [0.15, 0.2) is 5.82 Å². The van der Waals surface area contributed by atoms with Crippen LogP contribution < -0.4 is 5.32 Å². The van der Waals surface area contributed by atoms with E-state index < -0.39 is 12.0 Å². The lowest BCUT2D eigenvalue weighted by Gasteiger charge is -2.15. The van der Waals surface area contributed by atoms with Crippen molar-refractivity contribution in [2.45, 2.75) is 52.6 Å². The summed E-state index contributed by atoms with van der Waals surface area (Å²) in [7, 11) is 0. The summed E-state index contributed by atoms with van der Waals surface area (Å²) in [5.41, 5.74) is 0. The van der Waals surface area contributed by atoms with Gasteiger partial charge in [-0.3, -0.25) is 10.1 Å². The molecule has 1 rings (SSSR count). The highest BCUT2D eigenvalue weighted by Gasteiger charge is 2.19. The average Bonchev–Trinajstić information content (AvgIpc) is 2.72. The fraction of sp³-hybridized carbons (Fsp3) is 0.750. The van der Waals surface area contributed by atoms with Gasteiger partial charge in [-0.1, -0.05) is 32.9 Å². The van der Waals surface area contributed by atoms with Crippen molar-refractivity contribution in [1.82, 2.24) is 15.5 Å². The Morgan fingerprint density at radius 2 is 2.06 bits per heavy atom. The van der Waals surface area contributed by atoms with Gasteiger partial charge in [-0.25, -0.2) is 0 Å². The van der Waals surface area contributed by atoms with Crippen LogP contribution in [-0.4, -0.2) is 27.3 Å². The third kappa shape index (κ3) is 4.44. The van der Waals surface area contributed by atoms with Crippen LogP contribution in [0.5, 0.6) is 0 Å². The maximum absolute atomic E-state index is 11.0. The molecule has 0 saturated carbocycles. The van der Waals surface area contributed by atoms with Crippen LogP contribution in [0.25, 0.3) is 0 Å². The lowest BCUT2D eigenvalue weighted by atomic mass is 10.0. The van der Waals surface area contributed by atoms with Gasteiger partial charge in [-0.15, -0.1) is 0 Å². The molecule has 102 valence electrons. The first-order valence-corrected chi connectivity index (χ1v) is 6.18. The SMILES string of the molecule is CC(C)CC(NCc1noc(C(C)C)n1)C(=O)O. The van der Waals surface area contributed by atoms with Gasteiger partial charge in [0.05, 0.1) is 6.54 Å². The van der Waals surface area contributed by atoms with E-state index in [4.69, 9.17) is 9.63 Å².